The number of anilines is 1. The van der Waals surface area contributed by atoms with Gasteiger partial charge >= 0.3 is 0 Å². The quantitative estimate of drug-likeness (QED) is 0.788. The molecule has 0 spiro atoms. The lowest BCUT2D eigenvalue weighted by Gasteiger charge is -2.20. The summed E-state index contributed by atoms with van der Waals surface area (Å²) in [5.41, 5.74) is 13.2. The normalized spacial score (nSPS) is 10.9. The molecule has 5 nitrogen and oxygen atoms in total. The number of primary amides is 1. The molecule has 2 rings (SSSR count). The predicted molar refractivity (Wildman–Crippen MR) is 77.9 cm³/mol. The van der Waals surface area contributed by atoms with E-state index in [1.54, 1.807) is 18.4 Å². The fraction of sp³-hybridized carbons (Fsp3) is 0.267. The van der Waals surface area contributed by atoms with Crippen molar-refractivity contribution < 1.29 is 9.21 Å². The molecule has 1 amide bonds. The van der Waals surface area contributed by atoms with Crippen molar-refractivity contribution in [2.45, 2.75) is 20.0 Å². The van der Waals surface area contributed by atoms with Crippen LogP contribution >= 0.6 is 0 Å². The van der Waals surface area contributed by atoms with Crippen LogP contribution in [0.15, 0.2) is 41.0 Å². The standard InChI is InChI=1S/C15H19N3O2/c1-2-18(10-13-4-3-7-20-13)9-12-6-5-11(15(17)19)8-14(12)16/h3-8H,2,9-10,16H2,1H3,(H2,17,19). The van der Waals surface area contributed by atoms with Crippen LogP contribution in [0.25, 0.3) is 0 Å². The number of amides is 1. The fourth-order valence-electron chi connectivity index (χ4n) is 2.04. The lowest BCUT2D eigenvalue weighted by atomic mass is 10.1. The minimum Gasteiger partial charge on any atom is -0.468 e. The van der Waals surface area contributed by atoms with Crippen LogP contribution in [0.3, 0.4) is 0 Å². The summed E-state index contributed by atoms with van der Waals surface area (Å²) in [7, 11) is 0. The Hall–Kier alpha value is -2.27. The Morgan fingerprint density at radius 1 is 1.30 bits per heavy atom. The molecule has 4 N–H and O–H groups in total. The van der Waals surface area contributed by atoms with Crippen LogP contribution in [0.4, 0.5) is 5.69 Å². The average Bonchev–Trinajstić information content (AvgIpc) is 2.92. The summed E-state index contributed by atoms with van der Waals surface area (Å²) in [5.74, 6) is 0.449. The third-order valence-electron chi connectivity index (χ3n) is 3.23. The zero-order chi connectivity index (χ0) is 14.5. The largest absolute Gasteiger partial charge is 0.468 e. The second kappa shape index (κ2) is 6.25. The van der Waals surface area contributed by atoms with Crippen molar-refractivity contribution in [2.24, 2.45) is 5.73 Å². The number of carbonyl (C=O) groups excluding carboxylic acids is 1. The molecule has 1 aromatic heterocycles. The van der Waals surface area contributed by atoms with Crippen molar-refractivity contribution in [3.8, 4) is 0 Å². The highest BCUT2D eigenvalue weighted by Crippen LogP contribution is 2.17. The summed E-state index contributed by atoms with van der Waals surface area (Å²) in [4.78, 5) is 13.3. The van der Waals surface area contributed by atoms with E-state index in [9.17, 15) is 4.79 Å². The van der Waals surface area contributed by atoms with Gasteiger partial charge in [-0.05, 0) is 36.4 Å². The number of nitrogens with two attached hydrogens (primary N) is 2. The van der Waals surface area contributed by atoms with Crippen molar-refractivity contribution in [1.82, 2.24) is 4.90 Å². The maximum atomic E-state index is 11.1. The van der Waals surface area contributed by atoms with Gasteiger partial charge in [-0.2, -0.15) is 0 Å². The minimum atomic E-state index is -0.466. The Labute approximate surface area is 118 Å². The molecular formula is C15H19N3O2. The predicted octanol–water partition coefficient (Wildman–Crippen LogP) is 1.98. The third kappa shape index (κ3) is 3.39. The lowest BCUT2D eigenvalue weighted by Crippen LogP contribution is -2.23. The van der Waals surface area contributed by atoms with E-state index >= 15 is 0 Å². The topological polar surface area (TPSA) is 85.5 Å². The highest BCUT2D eigenvalue weighted by Gasteiger charge is 2.10. The summed E-state index contributed by atoms with van der Waals surface area (Å²) in [6.45, 7) is 4.37. The molecule has 5 heteroatoms. The monoisotopic (exact) mass is 273 g/mol. The number of rotatable bonds is 6. The highest BCUT2D eigenvalue weighted by molar-refractivity contribution is 5.93. The van der Waals surface area contributed by atoms with E-state index in [2.05, 4.69) is 11.8 Å². The van der Waals surface area contributed by atoms with E-state index in [1.807, 2.05) is 18.2 Å². The van der Waals surface area contributed by atoms with Gasteiger partial charge in [-0.25, -0.2) is 0 Å². The Morgan fingerprint density at radius 2 is 2.10 bits per heavy atom. The first-order valence-electron chi connectivity index (χ1n) is 6.53. The second-order valence-electron chi connectivity index (χ2n) is 4.66. The maximum absolute atomic E-state index is 11.1. The molecule has 1 aromatic carbocycles. The van der Waals surface area contributed by atoms with Crippen molar-refractivity contribution >= 4 is 11.6 Å². The molecule has 0 aliphatic heterocycles. The summed E-state index contributed by atoms with van der Waals surface area (Å²) < 4.78 is 5.35. The summed E-state index contributed by atoms with van der Waals surface area (Å²) in [6.07, 6.45) is 1.67. The van der Waals surface area contributed by atoms with E-state index in [0.29, 0.717) is 17.8 Å². The van der Waals surface area contributed by atoms with Gasteiger partial charge in [0.2, 0.25) is 5.91 Å². The van der Waals surface area contributed by atoms with Crippen LogP contribution < -0.4 is 11.5 Å². The zero-order valence-corrected chi connectivity index (χ0v) is 11.5. The summed E-state index contributed by atoms with van der Waals surface area (Å²) >= 11 is 0. The molecule has 0 unspecified atom stereocenters. The summed E-state index contributed by atoms with van der Waals surface area (Å²) in [6, 6.07) is 8.99. The van der Waals surface area contributed by atoms with Crippen molar-refractivity contribution in [3.05, 3.63) is 53.5 Å². The second-order valence-corrected chi connectivity index (χ2v) is 4.66. The number of benzene rings is 1. The molecule has 0 radical (unpaired) electrons. The van der Waals surface area contributed by atoms with Crippen LogP contribution in [0.5, 0.6) is 0 Å². The molecule has 0 bridgehead atoms. The van der Waals surface area contributed by atoms with Crippen LogP contribution in [0.1, 0.15) is 28.6 Å². The smallest absolute Gasteiger partial charge is 0.248 e. The van der Waals surface area contributed by atoms with Gasteiger partial charge < -0.3 is 15.9 Å². The number of nitrogen functional groups attached to an aromatic ring is 1. The highest BCUT2D eigenvalue weighted by atomic mass is 16.3. The fourth-order valence-corrected chi connectivity index (χ4v) is 2.04. The van der Waals surface area contributed by atoms with Crippen LogP contribution in [-0.4, -0.2) is 17.4 Å². The van der Waals surface area contributed by atoms with Gasteiger partial charge in [-0.1, -0.05) is 13.0 Å². The van der Waals surface area contributed by atoms with E-state index in [1.165, 1.54) is 0 Å². The van der Waals surface area contributed by atoms with Crippen LogP contribution in [0.2, 0.25) is 0 Å². The molecule has 0 saturated carbocycles. The lowest BCUT2D eigenvalue weighted by molar-refractivity contribution is 0.100. The Bertz CT molecular complexity index is 579. The van der Waals surface area contributed by atoms with E-state index in [0.717, 1.165) is 24.4 Å². The first kappa shape index (κ1) is 14.1. The molecule has 0 atom stereocenters. The Balaban J connectivity index is 2.09. The van der Waals surface area contributed by atoms with Crippen molar-refractivity contribution in [1.29, 1.82) is 0 Å². The molecule has 0 saturated heterocycles. The van der Waals surface area contributed by atoms with E-state index in [4.69, 9.17) is 15.9 Å². The first-order valence-corrected chi connectivity index (χ1v) is 6.53. The first-order chi connectivity index (χ1) is 9.60. The van der Waals surface area contributed by atoms with Gasteiger partial charge in [0.05, 0.1) is 12.8 Å². The van der Waals surface area contributed by atoms with Gasteiger partial charge in [0, 0.05) is 17.8 Å². The van der Waals surface area contributed by atoms with Gasteiger partial charge in [-0.15, -0.1) is 0 Å². The van der Waals surface area contributed by atoms with Crippen LogP contribution in [-0.2, 0) is 13.1 Å². The van der Waals surface area contributed by atoms with Gasteiger partial charge in [0.1, 0.15) is 5.76 Å². The zero-order valence-electron chi connectivity index (χ0n) is 11.5. The van der Waals surface area contributed by atoms with Gasteiger partial charge in [0.25, 0.3) is 0 Å². The van der Waals surface area contributed by atoms with Crippen molar-refractivity contribution in [3.63, 3.8) is 0 Å². The maximum Gasteiger partial charge on any atom is 0.248 e. The number of hydrogen-bond donors (Lipinski definition) is 2. The third-order valence-corrected chi connectivity index (χ3v) is 3.23. The SMILES string of the molecule is CCN(Cc1ccco1)Cc1ccc(C(N)=O)cc1N. The van der Waals surface area contributed by atoms with Gasteiger partial charge in [0.15, 0.2) is 0 Å². The molecule has 0 aliphatic rings. The van der Waals surface area contributed by atoms with Crippen molar-refractivity contribution in [2.75, 3.05) is 12.3 Å². The number of nitrogens with zero attached hydrogens (tertiary/aromatic N) is 1. The molecule has 0 fully saturated rings. The Kier molecular flexibility index (Phi) is 4.42. The molecule has 20 heavy (non-hydrogen) atoms. The number of carbonyl (C=O) groups is 1. The molecular weight excluding hydrogens is 254 g/mol. The molecule has 1 heterocycles. The van der Waals surface area contributed by atoms with Crippen LogP contribution in [0, 0.1) is 0 Å². The Morgan fingerprint density at radius 3 is 2.65 bits per heavy atom. The van der Waals surface area contributed by atoms with Gasteiger partial charge in [-0.3, -0.25) is 9.69 Å². The molecule has 106 valence electrons. The number of hydrogen-bond acceptors (Lipinski definition) is 4. The van der Waals surface area contributed by atoms with E-state index < -0.39 is 5.91 Å². The molecule has 0 aliphatic carbocycles. The number of furan rings is 1. The van der Waals surface area contributed by atoms with E-state index in [-0.39, 0.29) is 0 Å². The minimum absolute atomic E-state index is 0.431. The molecule has 2 aromatic rings. The summed E-state index contributed by atoms with van der Waals surface area (Å²) in [5, 5.41) is 0. The average molecular weight is 273 g/mol.